The Bertz CT molecular complexity index is 345. The van der Waals surface area contributed by atoms with Crippen molar-refractivity contribution in [3.63, 3.8) is 0 Å². The fourth-order valence-corrected chi connectivity index (χ4v) is 2.70. The predicted molar refractivity (Wildman–Crippen MR) is 74.1 cm³/mol. The minimum Gasteiger partial charge on any atom is -0.378 e. The Morgan fingerprint density at radius 1 is 1.25 bits per heavy atom. The molecule has 1 unspecified atom stereocenters. The number of morpholine rings is 1. The van der Waals surface area contributed by atoms with Crippen molar-refractivity contribution in [3.8, 4) is 0 Å². The number of hydrogen-bond donors (Lipinski definition) is 2. The number of nitrogens with two attached hydrogens (primary N) is 1. The van der Waals surface area contributed by atoms with Crippen LogP contribution in [-0.4, -0.2) is 80.1 Å². The Kier molecular flexibility index (Phi) is 5.75. The monoisotopic (exact) mass is 284 g/mol. The summed E-state index contributed by atoms with van der Waals surface area (Å²) in [5.41, 5.74) is 5.40. The number of amides is 2. The molecule has 2 aliphatic rings. The highest BCUT2D eigenvalue weighted by atomic mass is 16.5. The standard InChI is InChI=1S/C13H24N4O3/c14-13(19)11-10-15-3-5-16(11)4-1-2-12(18)17-6-8-20-9-7-17/h11,15H,1-10H2,(H2,14,19). The molecule has 20 heavy (non-hydrogen) atoms. The molecule has 0 aliphatic carbocycles. The van der Waals surface area contributed by atoms with Gasteiger partial charge in [-0.15, -0.1) is 0 Å². The molecule has 2 heterocycles. The Morgan fingerprint density at radius 3 is 2.70 bits per heavy atom. The third-order valence-corrected chi connectivity index (χ3v) is 3.88. The Labute approximate surface area is 119 Å². The lowest BCUT2D eigenvalue weighted by atomic mass is 10.1. The Morgan fingerprint density at radius 2 is 2.00 bits per heavy atom. The van der Waals surface area contributed by atoms with Crippen LogP contribution in [0.1, 0.15) is 12.8 Å². The molecular formula is C13H24N4O3. The van der Waals surface area contributed by atoms with Crippen LogP contribution < -0.4 is 11.1 Å². The first-order valence-corrected chi connectivity index (χ1v) is 7.28. The predicted octanol–water partition coefficient (Wildman–Crippen LogP) is -1.62. The largest absolute Gasteiger partial charge is 0.378 e. The fraction of sp³-hybridized carbons (Fsp3) is 0.846. The number of ether oxygens (including phenoxy) is 1. The smallest absolute Gasteiger partial charge is 0.236 e. The molecule has 2 amide bonds. The third kappa shape index (κ3) is 4.16. The van der Waals surface area contributed by atoms with Gasteiger partial charge < -0.3 is 20.7 Å². The highest BCUT2D eigenvalue weighted by molar-refractivity contribution is 5.80. The van der Waals surface area contributed by atoms with E-state index in [0.717, 1.165) is 26.1 Å². The van der Waals surface area contributed by atoms with Gasteiger partial charge in [0, 0.05) is 39.1 Å². The zero-order valence-electron chi connectivity index (χ0n) is 11.8. The maximum absolute atomic E-state index is 12.0. The second kappa shape index (κ2) is 7.56. The quantitative estimate of drug-likeness (QED) is 0.634. The lowest BCUT2D eigenvalue weighted by Gasteiger charge is -2.34. The molecule has 2 saturated heterocycles. The van der Waals surface area contributed by atoms with E-state index < -0.39 is 0 Å². The summed E-state index contributed by atoms with van der Waals surface area (Å²) < 4.78 is 5.23. The summed E-state index contributed by atoms with van der Waals surface area (Å²) in [5.74, 6) is -0.115. The van der Waals surface area contributed by atoms with Crippen molar-refractivity contribution in [3.05, 3.63) is 0 Å². The van der Waals surface area contributed by atoms with E-state index in [1.54, 1.807) is 0 Å². The van der Waals surface area contributed by atoms with Gasteiger partial charge in [-0.1, -0.05) is 0 Å². The molecule has 2 fully saturated rings. The minimum atomic E-state index is -0.295. The molecule has 0 aromatic heterocycles. The number of hydrogen-bond acceptors (Lipinski definition) is 5. The van der Waals surface area contributed by atoms with Crippen molar-refractivity contribution < 1.29 is 14.3 Å². The maximum atomic E-state index is 12.0. The van der Waals surface area contributed by atoms with Crippen LogP contribution >= 0.6 is 0 Å². The third-order valence-electron chi connectivity index (χ3n) is 3.88. The molecule has 3 N–H and O–H groups in total. The number of nitrogens with zero attached hydrogens (tertiary/aromatic N) is 2. The first kappa shape index (κ1) is 15.2. The molecule has 1 atom stereocenters. The number of carbonyl (C=O) groups excluding carboxylic acids is 2. The topological polar surface area (TPSA) is 87.9 Å². The molecule has 7 heteroatoms. The van der Waals surface area contributed by atoms with Gasteiger partial charge >= 0.3 is 0 Å². The van der Waals surface area contributed by atoms with Crippen LogP contribution in [0.2, 0.25) is 0 Å². The molecule has 2 rings (SSSR count). The summed E-state index contributed by atoms with van der Waals surface area (Å²) in [6, 6.07) is -0.248. The molecule has 114 valence electrons. The van der Waals surface area contributed by atoms with Crippen LogP contribution in [0, 0.1) is 0 Å². The number of carbonyl (C=O) groups is 2. The molecule has 0 bridgehead atoms. The number of nitrogens with one attached hydrogen (secondary N) is 1. The van der Waals surface area contributed by atoms with Gasteiger partial charge in [0.1, 0.15) is 6.04 Å². The van der Waals surface area contributed by atoms with Crippen molar-refractivity contribution in [2.24, 2.45) is 5.73 Å². The van der Waals surface area contributed by atoms with Crippen molar-refractivity contribution in [1.82, 2.24) is 15.1 Å². The molecule has 0 spiro atoms. The molecule has 7 nitrogen and oxygen atoms in total. The van der Waals surface area contributed by atoms with Crippen molar-refractivity contribution >= 4 is 11.8 Å². The van der Waals surface area contributed by atoms with Crippen molar-refractivity contribution in [1.29, 1.82) is 0 Å². The van der Waals surface area contributed by atoms with Crippen LogP contribution in [0.4, 0.5) is 0 Å². The summed E-state index contributed by atoms with van der Waals surface area (Å²) >= 11 is 0. The Hall–Kier alpha value is -1.18. The summed E-state index contributed by atoms with van der Waals surface area (Å²) in [6.45, 7) is 5.66. The zero-order chi connectivity index (χ0) is 14.4. The van der Waals surface area contributed by atoms with Crippen LogP contribution in [0.5, 0.6) is 0 Å². The average Bonchev–Trinajstić information content (AvgIpc) is 2.48. The Balaban J connectivity index is 1.71. The van der Waals surface area contributed by atoms with E-state index in [9.17, 15) is 9.59 Å². The van der Waals surface area contributed by atoms with E-state index in [2.05, 4.69) is 10.2 Å². The van der Waals surface area contributed by atoms with Crippen LogP contribution in [0.15, 0.2) is 0 Å². The van der Waals surface area contributed by atoms with Gasteiger partial charge in [0.05, 0.1) is 13.2 Å². The summed E-state index contributed by atoms with van der Waals surface area (Å²) in [5, 5.41) is 3.17. The number of piperazine rings is 1. The number of rotatable bonds is 5. The summed E-state index contributed by atoms with van der Waals surface area (Å²) in [7, 11) is 0. The van der Waals surface area contributed by atoms with E-state index in [4.69, 9.17) is 10.5 Å². The second-order valence-corrected chi connectivity index (χ2v) is 5.25. The maximum Gasteiger partial charge on any atom is 0.236 e. The lowest BCUT2D eigenvalue weighted by molar-refractivity contribution is -0.135. The van der Waals surface area contributed by atoms with Crippen molar-refractivity contribution in [2.45, 2.75) is 18.9 Å². The molecule has 2 aliphatic heterocycles. The zero-order valence-corrected chi connectivity index (χ0v) is 11.8. The minimum absolute atomic E-state index is 0.180. The van der Waals surface area contributed by atoms with E-state index in [1.807, 2.05) is 4.90 Å². The van der Waals surface area contributed by atoms with Gasteiger partial charge in [0.25, 0.3) is 0 Å². The molecular weight excluding hydrogens is 260 g/mol. The van der Waals surface area contributed by atoms with Gasteiger partial charge in [-0.05, 0) is 13.0 Å². The second-order valence-electron chi connectivity index (χ2n) is 5.25. The summed E-state index contributed by atoms with van der Waals surface area (Å²) in [6.07, 6.45) is 1.29. The molecule has 0 aromatic rings. The van der Waals surface area contributed by atoms with E-state index in [1.165, 1.54) is 0 Å². The van der Waals surface area contributed by atoms with Crippen LogP contribution in [0.3, 0.4) is 0 Å². The SMILES string of the molecule is NC(=O)C1CNCCN1CCCC(=O)N1CCOCC1. The van der Waals surface area contributed by atoms with Crippen LogP contribution in [0.25, 0.3) is 0 Å². The summed E-state index contributed by atoms with van der Waals surface area (Å²) in [4.78, 5) is 27.3. The van der Waals surface area contributed by atoms with Gasteiger partial charge in [0.2, 0.25) is 11.8 Å². The van der Waals surface area contributed by atoms with Gasteiger partial charge in [0.15, 0.2) is 0 Å². The van der Waals surface area contributed by atoms with Gasteiger partial charge in [-0.2, -0.15) is 0 Å². The van der Waals surface area contributed by atoms with Gasteiger partial charge in [-0.3, -0.25) is 14.5 Å². The normalized spacial score (nSPS) is 24.6. The molecule has 0 radical (unpaired) electrons. The molecule has 0 aromatic carbocycles. The van der Waals surface area contributed by atoms with Gasteiger partial charge in [-0.25, -0.2) is 0 Å². The number of primary amides is 1. The highest BCUT2D eigenvalue weighted by Crippen LogP contribution is 2.07. The first-order chi connectivity index (χ1) is 9.68. The lowest BCUT2D eigenvalue weighted by Crippen LogP contribution is -2.57. The van der Waals surface area contributed by atoms with E-state index in [0.29, 0.717) is 39.3 Å². The van der Waals surface area contributed by atoms with Crippen LogP contribution in [-0.2, 0) is 14.3 Å². The van der Waals surface area contributed by atoms with E-state index in [-0.39, 0.29) is 17.9 Å². The highest BCUT2D eigenvalue weighted by Gasteiger charge is 2.26. The van der Waals surface area contributed by atoms with E-state index >= 15 is 0 Å². The fourth-order valence-electron chi connectivity index (χ4n) is 2.70. The average molecular weight is 284 g/mol. The first-order valence-electron chi connectivity index (χ1n) is 7.28. The van der Waals surface area contributed by atoms with Crippen molar-refractivity contribution in [2.75, 3.05) is 52.5 Å². The molecule has 0 saturated carbocycles.